The summed E-state index contributed by atoms with van der Waals surface area (Å²) in [6.45, 7) is 0. The van der Waals surface area contributed by atoms with Gasteiger partial charge in [0.2, 0.25) is 11.8 Å². The molecule has 2 aromatic heterocycles. The molecule has 1 saturated heterocycles. The lowest BCUT2D eigenvalue weighted by atomic mass is 9.95. The lowest BCUT2D eigenvalue weighted by Crippen LogP contribution is -2.63. The minimum atomic E-state index is -0.499. The van der Waals surface area contributed by atoms with E-state index in [0.29, 0.717) is 12.8 Å². The zero-order chi connectivity index (χ0) is 20.8. The Morgan fingerprint density at radius 2 is 1.10 bits per heavy atom. The van der Waals surface area contributed by atoms with Crippen LogP contribution >= 0.6 is 0 Å². The Labute approximate surface area is 174 Å². The van der Waals surface area contributed by atoms with Crippen LogP contribution < -0.4 is 0 Å². The zero-order valence-corrected chi connectivity index (χ0v) is 17.1. The van der Waals surface area contributed by atoms with Gasteiger partial charge in [-0.2, -0.15) is 0 Å². The highest BCUT2D eigenvalue weighted by Crippen LogP contribution is 2.27. The first-order valence-corrected chi connectivity index (χ1v) is 10.2. The third-order valence-electron chi connectivity index (χ3n) is 6.38. The van der Waals surface area contributed by atoms with Crippen LogP contribution in [0, 0.1) is 0 Å². The van der Waals surface area contributed by atoms with Gasteiger partial charge in [0, 0.05) is 61.1 Å². The second-order valence-electron chi connectivity index (χ2n) is 8.06. The summed E-state index contributed by atoms with van der Waals surface area (Å²) in [5, 5.41) is 2.18. The van der Waals surface area contributed by atoms with Gasteiger partial charge in [-0.1, -0.05) is 36.4 Å². The van der Waals surface area contributed by atoms with E-state index >= 15 is 0 Å². The predicted octanol–water partition coefficient (Wildman–Crippen LogP) is 3.10. The fourth-order valence-corrected chi connectivity index (χ4v) is 4.57. The number of nitrogens with zero attached hydrogens (tertiary/aromatic N) is 2. The molecule has 0 radical (unpaired) electrons. The third-order valence-corrected chi connectivity index (χ3v) is 6.38. The first kappa shape index (κ1) is 18.5. The fraction of sp³-hybridized carbons (Fsp3) is 0.250. The molecule has 152 valence electrons. The van der Waals surface area contributed by atoms with E-state index in [0.717, 1.165) is 32.9 Å². The van der Waals surface area contributed by atoms with Crippen molar-refractivity contribution < 1.29 is 9.59 Å². The largest absolute Gasteiger partial charge is 0.361 e. The molecule has 4 aromatic rings. The van der Waals surface area contributed by atoms with E-state index in [1.807, 2.05) is 60.9 Å². The molecular formula is C24H24N4O2. The van der Waals surface area contributed by atoms with Crippen molar-refractivity contribution >= 4 is 33.6 Å². The number of aromatic amines is 2. The second kappa shape index (κ2) is 7.06. The maximum absolute atomic E-state index is 13.3. The number of likely N-dealkylation sites (N-methyl/N-ethyl adjacent to an activating group) is 2. The number of fused-ring (bicyclic) bond motifs is 2. The summed E-state index contributed by atoms with van der Waals surface area (Å²) in [4.78, 5) is 36.3. The molecular weight excluding hydrogens is 376 g/mol. The number of nitrogens with one attached hydrogen (secondary N) is 2. The number of para-hydroxylation sites is 2. The van der Waals surface area contributed by atoms with E-state index in [9.17, 15) is 9.59 Å². The van der Waals surface area contributed by atoms with E-state index < -0.39 is 12.1 Å². The molecule has 1 aliphatic heterocycles. The molecule has 0 bridgehead atoms. The lowest BCUT2D eigenvalue weighted by Gasteiger charge is -2.42. The molecule has 2 atom stereocenters. The SMILES string of the molecule is CN1C(=O)C(Cc2c[nH]c3ccccc23)N(C)C(=O)C1Cc1c[nH]c2ccccc12. The van der Waals surface area contributed by atoms with Crippen LogP contribution in [0.15, 0.2) is 60.9 Å². The van der Waals surface area contributed by atoms with Crippen molar-refractivity contribution in [3.05, 3.63) is 72.1 Å². The van der Waals surface area contributed by atoms with Crippen LogP contribution in [0.3, 0.4) is 0 Å². The number of benzene rings is 2. The maximum Gasteiger partial charge on any atom is 0.246 e. The molecule has 2 aromatic carbocycles. The highest BCUT2D eigenvalue weighted by molar-refractivity contribution is 5.98. The van der Waals surface area contributed by atoms with Crippen LogP contribution in [-0.4, -0.2) is 57.8 Å². The van der Waals surface area contributed by atoms with E-state index in [2.05, 4.69) is 9.97 Å². The summed E-state index contributed by atoms with van der Waals surface area (Å²) in [6, 6.07) is 15.0. The van der Waals surface area contributed by atoms with Crippen molar-refractivity contribution in [3.63, 3.8) is 0 Å². The van der Waals surface area contributed by atoms with E-state index in [-0.39, 0.29) is 11.8 Å². The summed E-state index contributed by atoms with van der Waals surface area (Å²) < 4.78 is 0. The first-order valence-electron chi connectivity index (χ1n) is 10.2. The Kier molecular flexibility index (Phi) is 4.35. The molecule has 3 heterocycles. The van der Waals surface area contributed by atoms with Gasteiger partial charge in [0.05, 0.1) is 0 Å². The van der Waals surface area contributed by atoms with Crippen LogP contribution in [0.1, 0.15) is 11.1 Å². The highest BCUT2D eigenvalue weighted by Gasteiger charge is 2.42. The molecule has 6 nitrogen and oxygen atoms in total. The maximum atomic E-state index is 13.3. The molecule has 2 N–H and O–H groups in total. The van der Waals surface area contributed by atoms with Crippen LogP contribution in [0.25, 0.3) is 21.8 Å². The Bertz CT molecular complexity index is 1160. The van der Waals surface area contributed by atoms with Crippen LogP contribution in [0.4, 0.5) is 0 Å². The van der Waals surface area contributed by atoms with Crippen molar-refractivity contribution in [2.75, 3.05) is 14.1 Å². The first-order chi connectivity index (χ1) is 14.5. The van der Waals surface area contributed by atoms with Crippen LogP contribution in [0.5, 0.6) is 0 Å². The Morgan fingerprint density at radius 3 is 1.53 bits per heavy atom. The Balaban J connectivity index is 1.41. The summed E-state index contributed by atoms with van der Waals surface area (Å²) in [5.41, 5.74) is 4.17. The predicted molar refractivity (Wildman–Crippen MR) is 117 cm³/mol. The van der Waals surface area contributed by atoms with Crippen molar-refractivity contribution in [2.45, 2.75) is 24.9 Å². The van der Waals surface area contributed by atoms with Crippen molar-refractivity contribution in [3.8, 4) is 0 Å². The van der Waals surface area contributed by atoms with E-state index in [1.54, 1.807) is 23.9 Å². The smallest absolute Gasteiger partial charge is 0.246 e. The van der Waals surface area contributed by atoms with Gasteiger partial charge in [-0.25, -0.2) is 0 Å². The minimum Gasteiger partial charge on any atom is -0.361 e. The number of carbonyl (C=O) groups excluding carboxylic acids is 2. The number of piperazine rings is 1. The van der Waals surface area contributed by atoms with Gasteiger partial charge in [0.15, 0.2) is 0 Å². The summed E-state index contributed by atoms with van der Waals surface area (Å²) in [5.74, 6) is -0.0422. The molecule has 0 aliphatic carbocycles. The molecule has 0 spiro atoms. The van der Waals surface area contributed by atoms with Gasteiger partial charge < -0.3 is 19.8 Å². The third kappa shape index (κ3) is 2.87. The quantitative estimate of drug-likeness (QED) is 0.553. The van der Waals surface area contributed by atoms with Gasteiger partial charge in [-0.15, -0.1) is 0 Å². The average molecular weight is 400 g/mol. The monoisotopic (exact) mass is 400 g/mol. The summed E-state index contributed by atoms with van der Waals surface area (Å²) >= 11 is 0. The summed E-state index contributed by atoms with van der Waals surface area (Å²) in [6.07, 6.45) is 4.87. The number of aromatic nitrogens is 2. The molecule has 2 amide bonds. The zero-order valence-electron chi connectivity index (χ0n) is 17.1. The highest BCUT2D eigenvalue weighted by atomic mass is 16.2. The summed E-state index contributed by atoms with van der Waals surface area (Å²) in [7, 11) is 3.49. The number of hydrogen-bond acceptors (Lipinski definition) is 2. The van der Waals surface area contributed by atoms with Crippen molar-refractivity contribution in [2.24, 2.45) is 0 Å². The Hall–Kier alpha value is -3.54. The average Bonchev–Trinajstić information content (AvgIpc) is 3.37. The molecule has 6 heteroatoms. The van der Waals surface area contributed by atoms with Crippen molar-refractivity contribution in [1.29, 1.82) is 0 Å². The Morgan fingerprint density at radius 1 is 0.700 bits per heavy atom. The number of hydrogen-bond donors (Lipinski definition) is 2. The van der Waals surface area contributed by atoms with Gasteiger partial charge in [-0.3, -0.25) is 9.59 Å². The number of amides is 2. The lowest BCUT2D eigenvalue weighted by molar-refractivity contribution is -0.158. The molecule has 0 saturated carbocycles. The van der Waals surface area contributed by atoms with Gasteiger partial charge in [-0.05, 0) is 23.3 Å². The minimum absolute atomic E-state index is 0.0211. The topological polar surface area (TPSA) is 72.2 Å². The van der Waals surface area contributed by atoms with E-state index in [1.165, 1.54) is 0 Å². The van der Waals surface area contributed by atoms with Crippen molar-refractivity contribution in [1.82, 2.24) is 19.8 Å². The molecule has 2 unspecified atom stereocenters. The molecule has 30 heavy (non-hydrogen) atoms. The van der Waals surface area contributed by atoms with Gasteiger partial charge >= 0.3 is 0 Å². The van der Waals surface area contributed by atoms with Crippen LogP contribution in [0.2, 0.25) is 0 Å². The van der Waals surface area contributed by atoms with Crippen LogP contribution in [-0.2, 0) is 22.4 Å². The second-order valence-corrected chi connectivity index (χ2v) is 8.06. The number of carbonyl (C=O) groups is 2. The normalized spacial score (nSPS) is 19.9. The van der Waals surface area contributed by atoms with Gasteiger partial charge in [0.25, 0.3) is 0 Å². The number of H-pyrrole nitrogens is 2. The van der Waals surface area contributed by atoms with E-state index in [4.69, 9.17) is 0 Å². The number of rotatable bonds is 4. The van der Waals surface area contributed by atoms with Gasteiger partial charge in [0.1, 0.15) is 12.1 Å². The molecule has 1 aliphatic rings. The fourth-order valence-electron chi connectivity index (χ4n) is 4.57. The molecule has 1 fully saturated rings. The standard InChI is InChI=1S/C24H24N4O2/c1-27-21(11-15-13-25-19-9-5-3-7-17(15)19)24(30)28(2)22(23(27)29)12-16-14-26-20-10-6-4-8-18(16)20/h3-10,13-14,21-22,25-26H,11-12H2,1-2H3. The molecule has 5 rings (SSSR count).